The monoisotopic (exact) mass is 267 g/mol. The van der Waals surface area contributed by atoms with Crippen molar-refractivity contribution in [3.63, 3.8) is 0 Å². The second-order valence-corrected chi connectivity index (χ2v) is 6.81. The molecule has 4 nitrogen and oxygen atoms in total. The third-order valence-corrected chi connectivity index (χ3v) is 5.10. The van der Waals surface area contributed by atoms with E-state index in [9.17, 15) is 9.59 Å². The minimum Gasteiger partial charge on any atom is -0.481 e. The Balaban J connectivity index is 1.89. The fourth-order valence-electron chi connectivity index (χ4n) is 3.65. The van der Waals surface area contributed by atoms with Gasteiger partial charge in [-0.1, -0.05) is 33.1 Å². The molecule has 0 aromatic heterocycles. The lowest BCUT2D eigenvalue weighted by molar-refractivity contribution is -0.140. The molecule has 0 heterocycles. The number of carboxylic acids is 1. The molecule has 3 atom stereocenters. The SMILES string of the molecule is C[C@H](NC(=O)[C@H]1[C@@H](C(=O)O)C1(C)C)C1CCCCC1. The van der Waals surface area contributed by atoms with Crippen molar-refractivity contribution in [2.75, 3.05) is 0 Å². The fraction of sp³-hybridized carbons (Fsp3) is 0.867. The molecule has 2 aliphatic rings. The highest BCUT2D eigenvalue weighted by Crippen LogP contribution is 2.58. The van der Waals surface area contributed by atoms with Gasteiger partial charge in [-0.2, -0.15) is 0 Å². The Morgan fingerprint density at radius 1 is 1.16 bits per heavy atom. The number of aliphatic carboxylic acids is 1. The first-order valence-corrected chi connectivity index (χ1v) is 7.39. The van der Waals surface area contributed by atoms with Crippen molar-refractivity contribution in [3.05, 3.63) is 0 Å². The molecule has 0 saturated heterocycles. The summed E-state index contributed by atoms with van der Waals surface area (Å²) in [6.45, 7) is 5.78. The van der Waals surface area contributed by atoms with E-state index < -0.39 is 17.3 Å². The van der Waals surface area contributed by atoms with Gasteiger partial charge >= 0.3 is 5.97 Å². The summed E-state index contributed by atoms with van der Waals surface area (Å²) >= 11 is 0. The zero-order valence-corrected chi connectivity index (χ0v) is 12.1. The highest BCUT2D eigenvalue weighted by molar-refractivity contribution is 5.91. The molecule has 1 amide bonds. The molecular formula is C15H25NO3. The highest BCUT2D eigenvalue weighted by atomic mass is 16.4. The van der Waals surface area contributed by atoms with Gasteiger partial charge in [-0.15, -0.1) is 0 Å². The number of carbonyl (C=O) groups is 2. The first-order valence-electron chi connectivity index (χ1n) is 7.39. The summed E-state index contributed by atoms with van der Waals surface area (Å²) in [5, 5.41) is 12.2. The van der Waals surface area contributed by atoms with Crippen molar-refractivity contribution in [2.24, 2.45) is 23.2 Å². The minimum absolute atomic E-state index is 0.0736. The Kier molecular flexibility index (Phi) is 3.88. The molecule has 0 unspecified atom stereocenters. The van der Waals surface area contributed by atoms with Crippen LogP contribution in [0.2, 0.25) is 0 Å². The molecule has 0 spiro atoms. The van der Waals surface area contributed by atoms with Crippen molar-refractivity contribution >= 4 is 11.9 Å². The lowest BCUT2D eigenvalue weighted by atomic mass is 9.84. The predicted molar refractivity (Wildman–Crippen MR) is 72.6 cm³/mol. The second-order valence-electron chi connectivity index (χ2n) is 6.81. The van der Waals surface area contributed by atoms with Crippen LogP contribution in [-0.4, -0.2) is 23.0 Å². The second kappa shape index (κ2) is 5.14. The molecule has 4 heteroatoms. The van der Waals surface area contributed by atoms with Crippen molar-refractivity contribution in [1.82, 2.24) is 5.32 Å². The zero-order chi connectivity index (χ0) is 14.2. The van der Waals surface area contributed by atoms with Gasteiger partial charge in [0.05, 0.1) is 11.8 Å². The molecule has 0 aromatic rings. The molecule has 0 radical (unpaired) electrons. The van der Waals surface area contributed by atoms with E-state index in [1.807, 2.05) is 13.8 Å². The number of carboxylic acid groups (broad SMARTS) is 1. The van der Waals surface area contributed by atoms with E-state index in [0.717, 1.165) is 0 Å². The minimum atomic E-state index is -0.851. The molecule has 2 N–H and O–H groups in total. The van der Waals surface area contributed by atoms with Gasteiger partial charge in [0.2, 0.25) is 5.91 Å². The van der Waals surface area contributed by atoms with Gasteiger partial charge in [0.15, 0.2) is 0 Å². The molecule has 2 saturated carbocycles. The number of rotatable bonds is 4. The molecule has 2 fully saturated rings. The van der Waals surface area contributed by atoms with Gasteiger partial charge in [-0.05, 0) is 31.1 Å². The summed E-state index contributed by atoms with van der Waals surface area (Å²) in [5.41, 5.74) is -0.401. The van der Waals surface area contributed by atoms with Crippen LogP contribution in [0, 0.1) is 23.2 Å². The molecule has 108 valence electrons. The van der Waals surface area contributed by atoms with Crippen molar-refractivity contribution in [3.8, 4) is 0 Å². The van der Waals surface area contributed by atoms with Gasteiger partial charge < -0.3 is 10.4 Å². The number of hydrogen-bond acceptors (Lipinski definition) is 2. The van der Waals surface area contributed by atoms with E-state index in [2.05, 4.69) is 12.2 Å². The summed E-state index contributed by atoms with van der Waals surface area (Å²) in [7, 11) is 0. The Labute approximate surface area is 115 Å². The van der Waals surface area contributed by atoms with Crippen LogP contribution in [0.5, 0.6) is 0 Å². The molecule has 2 rings (SSSR count). The first-order chi connectivity index (χ1) is 8.85. The first kappa shape index (κ1) is 14.4. The third-order valence-electron chi connectivity index (χ3n) is 5.10. The van der Waals surface area contributed by atoms with Crippen molar-refractivity contribution < 1.29 is 14.7 Å². The normalized spacial score (nSPS) is 31.5. The highest BCUT2D eigenvalue weighted by Gasteiger charge is 2.65. The van der Waals surface area contributed by atoms with Crippen molar-refractivity contribution in [1.29, 1.82) is 0 Å². The fourth-order valence-corrected chi connectivity index (χ4v) is 3.65. The summed E-state index contributed by atoms with van der Waals surface area (Å²) in [4.78, 5) is 23.3. The van der Waals surface area contributed by atoms with Gasteiger partial charge in [-0.25, -0.2) is 0 Å². The summed E-state index contributed by atoms with van der Waals surface area (Å²) in [6, 6.07) is 0.165. The topological polar surface area (TPSA) is 66.4 Å². The van der Waals surface area contributed by atoms with Crippen LogP contribution < -0.4 is 5.32 Å². The van der Waals surface area contributed by atoms with Gasteiger partial charge in [0.25, 0.3) is 0 Å². The molecule has 2 aliphatic carbocycles. The quantitative estimate of drug-likeness (QED) is 0.822. The van der Waals surface area contributed by atoms with E-state index in [0.29, 0.717) is 5.92 Å². The van der Waals surface area contributed by atoms with Crippen LogP contribution in [-0.2, 0) is 9.59 Å². The van der Waals surface area contributed by atoms with Gasteiger partial charge in [0, 0.05) is 6.04 Å². The van der Waals surface area contributed by atoms with Crippen LogP contribution in [0.1, 0.15) is 52.9 Å². The molecule has 0 aromatic carbocycles. The summed E-state index contributed by atoms with van der Waals surface area (Å²) in [6.07, 6.45) is 6.15. The third kappa shape index (κ3) is 2.77. The maximum atomic E-state index is 12.2. The van der Waals surface area contributed by atoms with Gasteiger partial charge in [-0.3, -0.25) is 9.59 Å². The van der Waals surface area contributed by atoms with E-state index in [1.54, 1.807) is 0 Å². The van der Waals surface area contributed by atoms with E-state index in [1.165, 1.54) is 32.1 Å². The van der Waals surface area contributed by atoms with Crippen LogP contribution in [0.15, 0.2) is 0 Å². The number of carbonyl (C=O) groups excluding carboxylic acids is 1. The average Bonchev–Trinajstić information content (AvgIpc) is 2.93. The zero-order valence-electron chi connectivity index (χ0n) is 12.1. The van der Waals surface area contributed by atoms with Crippen molar-refractivity contribution in [2.45, 2.75) is 58.9 Å². The van der Waals surface area contributed by atoms with E-state index in [4.69, 9.17) is 5.11 Å². The largest absolute Gasteiger partial charge is 0.481 e. The number of amides is 1. The van der Waals surface area contributed by atoms with Crippen LogP contribution >= 0.6 is 0 Å². The number of hydrogen-bond donors (Lipinski definition) is 2. The molecular weight excluding hydrogens is 242 g/mol. The Morgan fingerprint density at radius 3 is 2.21 bits per heavy atom. The lowest BCUT2D eigenvalue weighted by Gasteiger charge is -2.28. The molecule has 0 bridgehead atoms. The molecule has 0 aliphatic heterocycles. The lowest BCUT2D eigenvalue weighted by Crippen LogP contribution is -2.40. The maximum Gasteiger partial charge on any atom is 0.307 e. The summed E-state index contributed by atoms with van der Waals surface area (Å²) in [5.74, 6) is -1.25. The smallest absolute Gasteiger partial charge is 0.307 e. The predicted octanol–water partition coefficient (Wildman–Crippen LogP) is 2.43. The van der Waals surface area contributed by atoms with E-state index >= 15 is 0 Å². The maximum absolute atomic E-state index is 12.2. The standard InChI is InChI=1S/C15H25NO3/c1-9(10-7-5-4-6-8-10)16-13(17)11-12(14(18)19)15(11,2)3/h9-12H,4-8H2,1-3H3,(H,16,17)(H,18,19)/t9-,11+,12-/m0/s1. The Bertz CT molecular complexity index is 372. The number of nitrogens with one attached hydrogen (secondary N) is 1. The van der Waals surface area contributed by atoms with E-state index in [-0.39, 0.29) is 17.9 Å². The van der Waals surface area contributed by atoms with Crippen LogP contribution in [0.4, 0.5) is 0 Å². The Hall–Kier alpha value is -1.06. The van der Waals surface area contributed by atoms with Crippen LogP contribution in [0.25, 0.3) is 0 Å². The average molecular weight is 267 g/mol. The molecule has 19 heavy (non-hydrogen) atoms. The summed E-state index contributed by atoms with van der Waals surface area (Å²) < 4.78 is 0. The van der Waals surface area contributed by atoms with Crippen LogP contribution in [0.3, 0.4) is 0 Å². The Morgan fingerprint density at radius 2 is 1.74 bits per heavy atom. The van der Waals surface area contributed by atoms with Gasteiger partial charge in [0.1, 0.15) is 0 Å².